The van der Waals surface area contributed by atoms with Crippen molar-refractivity contribution in [3.05, 3.63) is 58.4 Å². The molecule has 2 aromatic carbocycles. The summed E-state index contributed by atoms with van der Waals surface area (Å²) in [6.45, 7) is 0.256. The van der Waals surface area contributed by atoms with E-state index in [0.29, 0.717) is 16.3 Å². The standard InChI is InChI=1S/C15H13ClFNO3/c1-21-14-4-2-3-11(16)10(14)8-18-13-6-5-9(15(19)20)7-12(13)17/h2-7,18H,8H2,1H3,(H,19,20). The summed E-state index contributed by atoms with van der Waals surface area (Å²) in [6, 6.07) is 8.90. The lowest BCUT2D eigenvalue weighted by molar-refractivity contribution is 0.0696. The first kappa shape index (κ1) is 15.1. The second-order valence-corrected chi connectivity index (χ2v) is 4.68. The molecule has 0 atom stereocenters. The van der Waals surface area contributed by atoms with Crippen molar-refractivity contribution in [1.29, 1.82) is 0 Å². The number of hydrogen-bond acceptors (Lipinski definition) is 3. The number of ether oxygens (including phenoxy) is 1. The van der Waals surface area contributed by atoms with Crippen LogP contribution in [0.2, 0.25) is 5.02 Å². The lowest BCUT2D eigenvalue weighted by Crippen LogP contribution is -2.05. The molecule has 0 aliphatic carbocycles. The molecule has 0 unspecified atom stereocenters. The van der Waals surface area contributed by atoms with Gasteiger partial charge in [-0.05, 0) is 30.3 Å². The Morgan fingerprint density at radius 1 is 1.38 bits per heavy atom. The highest BCUT2D eigenvalue weighted by atomic mass is 35.5. The Bertz CT molecular complexity index is 676. The highest BCUT2D eigenvalue weighted by Crippen LogP contribution is 2.27. The molecular formula is C15H13ClFNO3. The molecule has 0 aromatic heterocycles. The molecular weight excluding hydrogens is 297 g/mol. The number of nitrogens with one attached hydrogen (secondary N) is 1. The van der Waals surface area contributed by atoms with Crippen LogP contribution in [-0.4, -0.2) is 18.2 Å². The van der Waals surface area contributed by atoms with Gasteiger partial charge in [0, 0.05) is 17.1 Å². The number of hydrogen-bond donors (Lipinski definition) is 2. The zero-order valence-electron chi connectivity index (χ0n) is 11.2. The van der Waals surface area contributed by atoms with Crippen molar-refractivity contribution in [2.24, 2.45) is 0 Å². The summed E-state index contributed by atoms with van der Waals surface area (Å²) in [4.78, 5) is 10.8. The Balaban J connectivity index is 2.19. The Morgan fingerprint density at radius 2 is 2.14 bits per heavy atom. The number of anilines is 1. The van der Waals surface area contributed by atoms with Crippen molar-refractivity contribution >= 4 is 23.3 Å². The first-order valence-electron chi connectivity index (χ1n) is 6.11. The van der Waals surface area contributed by atoms with Crippen LogP contribution < -0.4 is 10.1 Å². The SMILES string of the molecule is COc1cccc(Cl)c1CNc1ccc(C(=O)O)cc1F. The summed E-state index contributed by atoms with van der Waals surface area (Å²) in [5.41, 5.74) is 0.790. The molecule has 2 rings (SSSR count). The van der Waals surface area contributed by atoms with Gasteiger partial charge in [-0.3, -0.25) is 0 Å². The van der Waals surface area contributed by atoms with Crippen LogP contribution in [0.4, 0.5) is 10.1 Å². The van der Waals surface area contributed by atoms with Crippen LogP contribution >= 0.6 is 11.6 Å². The smallest absolute Gasteiger partial charge is 0.335 e. The Labute approximate surface area is 126 Å². The molecule has 2 aromatic rings. The minimum absolute atomic E-state index is 0.103. The van der Waals surface area contributed by atoms with E-state index in [-0.39, 0.29) is 17.8 Å². The molecule has 0 saturated heterocycles. The van der Waals surface area contributed by atoms with Crippen molar-refractivity contribution in [2.45, 2.75) is 6.54 Å². The summed E-state index contributed by atoms with van der Waals surface area (Å²) in [7, 11) is 1.53. The summed E-state index contributed by atoms with van der Waals surface area (Å²) in [5, 5.41) is 12.2. The number of aromatic carboxylic acids is 1. The molecule has 21 heavy (non-hydrogen) atoms. The molecule has 0 fully saturated rings. The Kier molecular flexibility index (Phi) is 4.65. The largest absolute Gasteiger partial charge is 0.496 e. The summed E-state index contributed by atoms with van der Waals surface area (Å²) >= 11 is 6.09. The van der Waals surface area contributed by atoms with Crippen molar-refractivity contribution in [3.63, 3.8) is 0 Å². The van der Waals surface area contributed by atoms with Gasteiger partial charge in [-0.2, -0.15) is 0 Å². The van der Waals surface area contributed by atoms with E-state index in [0.717, 1.165) is 6.07 Å². The van der Waals surface area contributed by atoms with Crippen LogP contribution in [0, 0.1) is 5.82 Å². The molecule has 0 aliphatic heterocycles. The van der Waals surface area contributed by atoms with E-state index in [2.05, 4.69) is 5.32 Å². The minimum Gasteiger partial charge on any atom is -0.496 e. The maximum atomic E-state index is 13.8. The van der Waals surface area contributed by atoms with E-state index in [9.17, 15) is 9.18 Å². The van der Waals surface area contributed by atoms with E-state index in [1.807, 2.05) is 0 Å². The number of carboxylic acids is 1. The van der Waals surface area contributed by atoms with Gasteiger partial charge in [0.05, 0.1) is 18.4 Å². The molecule has 0 amide bonds. The molecule has 0 saturated carbocycles. The highest BCUT2D eigenvalue weighted by molar-refractivity contribution is 6.31. The Hall–Kier alpha value is -2.27. The van der Waals surface area contributed by atoms with E-state index in [1.165, 1.54) is 19.2 Å². The number of carboxylic acid groups (broad SMARTS) is 1. The molecule has 0 bridgehead atoms. The Morgan fingerprint density at radius 3 is 2.76 bits per heavy atom. The van der Waals surface area contributed by atoms with Gasteiger partial charge in [0.25, 0.3) is 0 Å². The van der Waals surface area contributed by atoms with Gasteiger partial charge in [-0.1, -0.05) is 17.7 Å². The number of benzene rings is 2. The van der Waals surface area contributed by atoms with Gasteiger partial charge >= 0.3 is 5.97 Å². The zero-order chi connectivity index (χ0) is 15.4. The molecule has 0 heterocycles. The van der Waals surface area contributed by atoms with E-state index < -0.39 is 11.8 Å². The fourth-order valence-electron chi connectivity index (χ4n) is 1.88. The monoisotopic (exact) mass is 309 g/mol. The summed E-state index contributed by atoms with van der Waals surface area (Å²) < 4.78 is 19.0. The number of halogens is 2. The number of carbonyl (C=O) groups is 1. The predicted octanol–water partition coefficient (Wildman–Crippen LogP) is 3.80. The lowest BCUT2D eigenvalue weighted by atomic mass is 10.1. The molecule has 110 valence electrons. The zero-order valence-corrected chi connectivity index (χ0v) is 11.9. The number of rotatable bonds is 5. The van der Waals surface area contributed by atoms with Crippen LogP contribution in [0.3, 0.4) is 0 Å². The quantitative estimate of drug-likeness (QED) is 0.882. The van der Waals surface area contributed by atoms with Gasteiger partial charge in [0.15, 0.2) is 0 Å². The first-order valence-corrected chi connectivity index (χ1v) is 6.49. The maximum absolute atomic E-state index is 13.8. The maximum Gasteiger partial charge on any atom is 0.335 e. The van der Waals surface area contributed by atoms with E-state index in [4.69, 9.17) is 21.4 Å². The van der Waals surface area contributed by atoms with Gasteiger partial charge in [0.2, 0.25) is 0 Å². The fourth-order valence-corrected chi connectivity index (χ4v) is 2.11. The predicted molar refractivity (Wildman–Crippen MR) is 78.7 cm³/mol. The summed E-state index contributed by atoms with van der Waals surface area (Å²) in [6.07, 6.45) is 0. The first-order chi connectivity index (χ1) is 10.0. The van der Waals surface area contributed by atoms with Gasteiger partial charge < -0.3 is 15.2 Å². The number of methoxy groups -OCH3 is 1. The van der Waals surface area contributed by atoms with Crippen molar-refractivity contribution in [3.8, 4) is 5.75 Å². The molecule has 0 aliphatic rings. The second-order valence-electron chi connectivity index (χ2n) is 4.27. The van der Waals surface area contributed by atoms with Gasteiger partial charge in [-0.15, -0.1) is 0 Å². The molecule has 2 N–H and O–H groups in total. The minimum atomic E-state index is -1.17. The van der Waals surface area contributed by atoms with Crippen LogP contribution in [0.5, 0.6) is 5.75 Å². The van der Waals surface area contributed by atoms with Crippen molar-refractivity contribution in [2.75, 3.05) is 12.4 Å². The normalized spacial score (nSPS) is 10.2. The molecule has 0 spiro atoms. The van der Waals surface area contributed by atoms with E-state index >= 15 is 0 Å². The lowest BCUT2D eigenvalue weighted by Gasteiger charge is -2.13. The third-order valence-corrected chi connectivity index (χ3v) is 3.32. The van der Waals surface area contributed by atoms with Gasteiger partial charge in [0.1, 0.15) is 11.6 Å². The summed E-state index contributed by atoms with van der Waals surface area (Å²) in [5.74, 6) is -1.22. The average Bonchev–Trinajstić information content (AvgIpc) is 2.46. The van der Waals surface area contributed by atoms with Crippen LogP contribution in [0.15, 0.2) is 36.4 Å². The van der Waals surface area contributed by atoms with Crippen LogP contribution in [0.25, 0.3) is 0 Å². The molecule has 0 radical (unpaired) electrons. The molecule has 4 nitrogen and oxygen atoms in total. The van der Waals surface area contributed by atoms with E-state index in [1.54, 1.807) is 18.2 Å². The van der Waals surface area contributed by atoms with Crippen LogP contribution in [-0.2, 0) is 6.54 Å². The molecule has 6 heteroatoms. The third kappa shape index (κ3) is 3.44. The topological polar surface area (TPSA) is 58.6 Å². The fraction of sp³-hybridized carbons (Fsp3) is 0.133. The second kappa shape index (κ2) is 6.45. The van der Waals surface area contributed by atoms with Gasteiger partial charge in [-0.25, -0.2) is 9.18 Å². The average molecular weight is 310 g/mol. The van der Waals surface area contributed by atoms with Crippen molar-refractivity contribution in [1.82, 2.24) is 0 Å². The third-order valence-electron chi connectivity index (χ3n) is 2.97. The highest BCUT2D eigenvalue weighted by Gasteiger charge is 2.11. The van der Waals surface area contributed by atoms with Crippen LogP contribution in [0.1, 0.15) is 15.9 Å². The van der Waals surface area contributed by atoms with Crippen molar-refractivity contribution < 1.29 is 19.0 Å².